The quantitative estimate of drug-likeness (QED) is 0.419. The molecule has 1 aliphatic rings. The van der Waals surface area contributed by atoms with E-state index in [-0.39, 0.29) is 24.9 Å². The lowest BCUT2D eigenvalue weighted by molar-refractivity contribution is -0.137. The van der Waals surface area contributed by atoms with Crippen LogP contribution in [-0.2, 0) is 17.4 Å². The SMILES string of the molecule is COc1cc2c(cc1OC)[C@H](COc1cccc(C(F)(F)F)c1)N(C(=O)COc1ccccc1)CC2. The summed E-state index contributed by atoms with van der Waals surface area (Å²) in [5.41, 5.74) is 0.914. The van der Waals surface area contributed by atoms with Crippen LogP contribution in [0.4, 0.5) is 13.2 Å². The molecule has 0 radical (unpaired) electrons. The first kappa shape index (κ1) is 25.2. The Kier molecular flexibility index (Phi) is 7.57. The number of methoxy groups -OCH3 is 2. The summed E-state index contributed by atoms with van der Waals surface area (Å²) in [7, 11) is 3.05. The number of fused-ring (bicyclic) bond motifs is 1. The predicted octanol–water partition coefficient (Wildman–Crippen LogP) is 5.31. The maximum atomic E-state index is 13.2. The lowest BCUT2D eigenvalue weighted by Crippen LogP contribution is -2.44. The second-order valence-corrected chi connectivity index (χ2v) is 8.20. The van der Waals surface area contributed by atoms with Crippen molar-refractivity contribution in [1.29, 1.82) is 0 Å². The summed E-state index contributed by atoms with van der Waals surface area (Å²) in [6, 6.07) is 16.7. The zero-order chi connectivity index (χ0) is 25.7. The number of amides is 1. The summed E-state index contributed by atoms with van der Waals surface area (Å²) < 4.78 is 61.8. The Balaban J connectivity index is 1.60. The molecule has 0 N–H and O–H groups in total. The number of carbonyl (C=O) groups is 1. The average molecular weight is 502 g/mol. The fraction of sp³-hybridized carbons (Fsp3) is 0.296. The molecule has 1 amide bonds. The van der Waals surface area contributed by atoms with E-state index in [2.05, 4.69) is 0 Å². The van der Waals surface area contributed by atoms with Crippen LogP contribution < -0.4 is 18.9 Å². The normalized spacial score (nSPS) is 15.1. The first-order valence-electron chi connectivity index (χ1n) is 11.3. The topological polar surface area (TPSA) is 57.2 Å². The van der Waals surface area contributed by atoms with Gasteiger partial charge in [-0.15, -0.1) is 0 Å². The molecule has 1 heterocycles. The van der Waals surface area contributed by atoms with Gasteiger partial charge in [-0.05, 0) is 60.0 Å². The number of nitrogens with zero attached hydrogens (tertiary/aromatic N) is 1. The van der Waals surface area contributed by atoms with E-state index in [0.29, 0.717) is 30.2 Å². The number of carbonyl (C=O) groups excluding carboxylic acids is 1. The summed E-state index contributed by atoms with van der Waals surface area (Å²) in [5.74, 6) is 1.39. The molecule has 4 rings (SSSR count). The number of benzene rings is 3. The van der Waals surface area contributed by atoms with Crippen molar-refractivity contribution >= 4 is 5.91 Å². The van der Waals surface area contributed by atoms with Gasteiger partial charge in [0.1, 0.15) is 18.1 Å². The fourth-order valence-electron chi connectivity index (χ4n) is 4.19. The molecular formula is C27H26F3NO5. The third-order valence-corrected chi connectivity index (χ3v) is 6.00. The Morgan fingerprint density at radius 3 is 2.31 bits per heavy atom. The molecule has 0 bridgehead atoms. The number of hydrogen-bond acceptors (Lipinski definition) is 5. The maximum Gasteiger partial charge on any atom is 0.416 e. The number of halogens is 3. The Hall–Kier alpha value is -3.88. The van der Waals surface area contributed by atoms with Gasteiger partial charge < -0.3 is 23.8 Å². The molecule has 0 aliphatic carbocycles. The zero-order valence-electron chi connectivity index (χ0n) is 19.9. The molecule has 190 valence electrons. The molecule has 0 unspecified atom stereocenters. The molecular weight excluding hydrogens is 475 g/mol. The van der Waals surface area contributed by atoms with Crippen LogP contribution in [0.1, 0.15) is 22.7 Å². The van der Waals surface area contributed by atoms with E-state index in [4.69, 9.17) is 18.9 Å². The van der Waals surface area contributed by atoms with E-state index in [1.54, 1.807) is 23.1 Å². The molecule has 0 saturated heterocycles. The molecule has 9 heteroatoms. The minimum absolute atomic E-state index is 0.0547. The second-order valence-electron chi connectivity index (χ2n) is 8.20. The van der Waals surface area contributed by atoms with E-state index in [1.807, 2.05) is 24.3 Å². The van der Waals surface area contributed by atoms with E-state index < -0.39 is 17.8 Å². The van der Waals surface area contributed by atoms with Crippen LogP contribution >= 0.6 is 0 Å². The van der Waals surface area contributed by atoms with Crippen molar-refractivity contribution in [1.82, 2.24) is 4.90 Å². The Bertz CT molecular complexity index is 1200. The van der Waals surface area contributed by atoms with Crippen molar-refractivity contribution in [3.8, 4) is 23.0 Å². The van der Waals surface area contributed by atoms with Gasteiger partial charge >= 0.3 is 6.18 Å². The van der Waals surface area contributed by atoms with Crippen molar-refractivity contribution in [2.24, 2.45) is 0 Å². The summed E-state index contributed by atoms with van der Waals surface area (Å²) in [6.45, 7) is 0.143. The summed E-state index contributed by atoms with van der Waals surface area (Å²) in [4.78, 5) is 14.8. The van der Waals surface area contributed by atoms with Crippen LogP contribution in [0, 0.1) is 0 Å². The highest BCUT2D eigenvalue weighted by molar-refractivity contribution is 5.79. The van der Waals surface area contributed by atoms with Crippen LogP contribution in [0.15, 0.2) is 66.7 Å². The van der Waals surface area contributed by atoms with Gasteiger partial charge in [0.25, 0.3) is 5.91 Å². The van der Waals surface area contributed by atoms with Gasteiger partial charge in [0, 0.05) is 6.54 Å². The highest BCUT2D eigenvalue weighted by atomic mass is 19.4. The monoisotopic (exact) mass is 501 g/mol. The first-order chi connectivity index (χ1) is 17.3. The van der Waals surface area contributed by atoms with Gasteiger partial charge in [0.05, 0.1) is 25.8 Å². The third-order valence-electron chi connectivity index (χ3n) is 6.00. The average Bonchev–Trinajstić information content (AvgIpc) is 2.89. The summed E-state index contributed by atoms with van der Waals surface area (Å²) in [5, 5.41) is 0. The summed E-state index contributed by atoms with van der Waals surface area (Å²) in [6.07, 6.45) is -3.93. The number of para-hydroxylation sites is 1. The van der Waals surface area contributed by atoms with E-state index >= 15 is 0 Å². The smallest absolute Gasteiger partial charge is 0.416 e. The van der Waals surface area contributed by atoms with Gasteiger partial charge in [-0.25, -0.2) is 0 Å². The molecule has 0 aromatic heterocycles. The van der Waals surface area contributed by atoms with Gasteiger partial charge in [-0.3, -0.25) is 4.79 Å². The molecule has 3 aromatic carbocycles. The van der Waals surface area contributed by atoms with Gasteiger partial charge in [-0.1, -0.05) is 24.3 Å². The van der Waals surface area contributed by atoms with Crippen LogP contribution in [0.25, 0.3) is 0 Å². The molecule has 6 nitrogen and oxygen atoms in total. The van der Waals surface area contributed by atoms with Crippen LogP contribution in [-0.4, -0.2) is 44.8 Å². The predicted molar refractivity (Wildman–Crippen MR) is 127 cm³/mol. The van der Waals surface area contributed by atoms with Crippen molar-refractivity contribution in [3.05, 3.63) is 83.4 Å². The number of hydrogen-bond donors (Lipinski definition) is 0. The number of alkyl halides is 3. The maximum absolute atomic E-state index is 13.2. The second kappa shape index (κ2) is 10.8. The van der Waals surface area contributed by atoms with Gasteiger partial charge in [-0.2, -0.15) is 13.2 Å². The minimum Gasteiger partial charge on any atom is -0.493 e. The minimum atomic E-state index is -4.49. The highest BCUT2D eigenvalue weighted by Crippen LogP contribution is 2.39. The molecule has 3 aromatic rings. The Labute approximate surface area is 207 Å². The molecule has 1 aliphatic heterocycles. The van der Waals surface area contributed by atoms with Crippen LogP contribution in [0.5, 0.6) is 23.0 Å². The lowest BCUT2D eigenvalue weighted by atomic mass is 9.92. The Morgan fingerprint density at radius 2 is 1.61 bits per heavy atom. The third kappa shape index (κ3) is 5.67. The molecule has 0 saturated carbocycles. The van der Waals surface area contributed by atoms with E-state index in [1.165, 1.54) is 26.4 Å². The largest absolute Gasteiger partial charge is 0.493 e. The van der Waals surface area contributed by atoms with Crippen LogP contribution in [0.3, 0.4) is 0 Å². The van der Waals surface area contributed by atoms with Crippen LogP contribution in [0.2, 0.25) is 0 Å². The highest BCUT2D eigenvalue weighted by Gasteiger charge is 2.34. The molecule has 0 spiro atoms. The zero-order valence-corrected chi connectivity index (χ0v) is 19.9. The molecule has 0 fully saturated rings. The molecule has 1 atom stereocenters. The van der Waals surface area contributed by atoms with Crippen molar-refractivity contribution in [3.63, 3.8) is 0 Å². The number of ether oxygens (including phenoxy) is 4. The van der Waals surface area contributed by atoms with Crippen molar-refractivity contribution < 1.29 is 36.9 Å². The van der Waals surface area contributed by atoms with Gasteiger partial charge in [0.15, 0.2) is 18.1 Å². The summed E-state index contributed by atoms with van der Waals surface area (Å²) >= 11 is 0. The fourth-order valence-corrected chi connectivity index (χ4v) is 4.19. The van der Waals surface area contributed by atoms with Crippen molar-refractivity contribution in [2.45, 2.75) is 18.6 Å². The molecule has 36 heavy (non-hydrogen) atoms. The van der Waals surface area contributed by atoms with E-state index in [0.717, 1.165) is 23.3 Å². The first-order valence-corrected chi connectivity index (χ1v) is 11.3. The van der Waals surface area contributed by atoms with E-state index in [9.17, 15) is 18.0 Å². The standard InChI is InChI=1S/C27H26F3NO5/c1-33-24-13-18-11-12-31(26(32)17-36-20-8-4-3-5-9-20)23(22(18)15-25(24)34-2)16-35-21-10-6-7-19(14-21)27(28,29)30/h3-10,13-15,23H,11-12,16-17H2,1-2H3/t23-/m0/s1. The Morgan fingerprint density at radius 1 is 0.917 bits per heavy atom. The lowest BCUT2D eigenvalue weighted by Gasteiger charge is -2.37. The number of rotatable bonds is 8. The van der Waals surface area contributed by atoms with Gasteiger partial charge in [0.2, 0.25) is 0 Å². The van der Waals surface area contributed by atoms with Crippen molar-refractivity contribution in [2.75, 3.05) is 34.0 Å².